The van der Waals surface area contributed by atoms with Crippen molar-refractivity contribution in [2.45, 2.75) is 32.2 Å². The number of hydrogen-bond acceptors (Lipinski definition) is 4. The van der Waals surface area contributed by atoms with Gasteiger partial charge in [0.2, 0.25) is 17.7 Å². The van der Waals surface area contributed by atoms with Crippen LogP contribution in [0.5, 0.6) is 0 Å². The molecule has 3 amide bonds. The first-order valence-corrected chi connectivity index (χ1v) is 7.95. The van der Waals surface area contributed by atoms with E-state index in [1.165, 1.54) is 9.78 Å². The fourth-order valence-corrected chi connectivity index (χ4v) is 3.59. The zero-order valence-corrected chi connectivity index (χ0v) is 13.4. The lowest BCUT2D eigenvalue weighted by Crippen LogP contribution is -2.58. The van der Waals surface area contributed by atoms with Gasteiger partial charge in [0.15, 0.2) is 0 Å². The van der Waals surface area contributed by atoms with Crippen LogP contribution >= 0.6 is 27.3 Å². The summed E-state index contributed by atoms with van der Waals surface area (Å²) in [4.78, 5) is 37.4. The number of hydrogen-bond donors (Lipinski definition) is 1. The molecule has 2 heterocycles. The average Bonchev–Trinajstić information content (AvgIpc) is 2.79. The van der Waals surface area contributed by atoms with Crippen LogP contribution in [0, 0.1) is 0 Å². The van der Waals surface area contributed by atoms with Crippen molar-refractivity contribution in [2.75, 3.05) is 6.54 Å². The fourth-order valence-electron chi connectivity index (χ4n) is 2.06. The van der Waals surface area contributed by atoms with Gasteiger partial charge in [0.25, 0.3) is 0 Å². The van der Waals surface area contributed by atoms with Gasteiger partial charge in [-0.15, -0.1) is 11.3 Å². The summed E-state index contributed by atoms with van der Waals surface area (Å²) in [6, 6.07) is 3.44. The molecule has 20 heavy (non-hydrogen) atoms. The zero-order chi connectivity index (χ0) is 14.7. The van der Waals surface area contributed by atoms with Crippen LogP contribution in [0.2, 0.25) is 0 Å². The van der Waals surface area contributed by atoms with Gasteiger partial charge in [0.05, 0.1) is 3.79 Å². The largest absolute Gasteiger partial charge is 0.322 e. The number of halogens is 1. The minimum absolute atomic E-state index is 0.0315. The van der Waals surface area contributed by atoms with Gasteiger partial charge < -0.3 is 4.90 Å². The van der Waals surface area contributed by atoms with Crippen LogP contribution in [0.3, 0.4) is 0 Å². The number of nitrogens with one attached hydrogen (secondary N) is 1. The molecule has 7 heteroatoms. The van der Waals surface area contributed by atoms with Crippen LogP contribution in [0.15, 0.2) is 15.9 Å². The molecular formula is C13H15BrN2O3S. The van der Waals surface area contributed by atoms with E-state index in [9.17, 15) is 14.4 Å². The molecule has 1 unspecified atom stereocenters. The molecule has 2 rings (SSSR count). The lowest BCUT2D eigenvalue weighted by Gasteiger charge is -2.31. The van der Waals surface area contributed by atoms with Crippen LogP contribution in [-0.4, -0.2) is 35.2 Å². The van der Waals surface area contributed by atoms with Crippen molar-refractivity contribution in [2.24, 2.45) is 0 Å². The summed E-state index contributed by atoms with van der Waals surface area (Å²) in [6.07, 6.45) is 1.88. The summed E-state index contributed by atoms with van der Waals surface area (Å²) in [5.74, 6) is -0.961. The van der Waals surface area contributed by atoms with Crippen LogP contribution in [0.25, 0.3) is 0 Å². The van der Waals surface area contributed by atoms with Gasteiger partial charge in [0.1, 0.15) is 12.6 Å². The Hall–Kier alpha value is -1.21. The summed E-state index contributed by atoms with van der Waals surface area (Å²) in [6.45, 7) is 1.60. The Balaban J connectivity index is 1.84. The van der Waals surface area contributed by atoms with E-state index in [-0.39, 0.29) is 12.5 Å². The minimum Gasteiger partial charge on any atom is -0.322 e. The summed E-state index contributed by atoms with van der Waals surface area (Å²) >= 11 is 5.05. The van der Waals surface area contributed by atoms with E-state index < -0.39 is 17.9 Å². The van der Waals surface area contributed by atoms with Gasteiger partial charge in [-0.1, -0.05) is 0 Å². The molecule has 1 aromatic rings. The monoisotopic (exact) mass is 358 g/mol. The molecular weight excluding hydrogens is 344 g/mol. The summed E-state index contributed by atoms with van der Waals surface area (Å²) in [5, 5.41) is 2.22. The number of aryl methyl sites for hydroxylation is 1. The molecule has 1 aliphatic heterocycles. The molecule has 0 spiro atoms. The summed E-state index contributed by atoms with van der Waals surface area (Å²) < 4.78 is 1.07. The molecule has 1 N–H and O–H groups in total. The maximum absolute atomic E-state index is 12.1. The highest BCUT2D eigenvalue weighted by molar-refractivity contribution is 9.11. The molecule has 0 saturated carbocycles. The first-order chi connectivity index (χ1) is 9.47. The molecule has 108 valence electrons. The number of piperazine rings is 1. The predicted molar refractivity (Wildman–Crippen MR) is 79.3 cm³/mol. The van der Waals surface area contributed by atoms with Gasteiger partial charge in [-0.05, 0) is 47.8 Å². The van der Waals surface area contributed by atoms with Gasteiger partial charge in [0, 0.05) is 11.3 Å². The number of carbonyl (C=O) groups is 3. The Bertz CT molecular complexity index is 543. The number of thiophene rings is 1. The number of nitrogens with zero attached hydrogens (tertiary/aromatic N) is 1. The van der Waals surface area contributed by atoms with Crippen molar-refractivity contribution in [3.8, 4) is 0 Å². The van der Waals surface area contributed by atoms with Crippen LogP contribution < -0.4 is 5.32 Å². The first-order valence-electron chi connectivity index (χ1n) is 6.35. The summed E-state index contributed by atoms with van der Waals surface area (Å²) in [7, 11) is 0. The standard InChI is InChI=1S/C13H15BrN2O3S/c1-8-13(19)15-11(17)7-16(8)12(18)4-2-3-9-5-6-10(14)20-9/h5-6,8H,2-4,7H2,1H3,(H,15,17,19). The van der Waals surface area contributed by atoms with Crippen molar-refractivity contribution in [1.29, 1.82) is 0 Å². The minimum atomic E-state index is -0.573. The third kappa shape index (κ3) is 3.67. The van der Waals surface area contributed by atoms with Gasteiger partial charge in [-0.25, -0.2) is 0 Å². The topological polar surface area (TPSA) is 66.5 Å². The average molecular weight is 359 g/mol. The molecule has 1 aromatic heterocycles. The Labute approximate surface area is 129 Å². The van der Waals surface area contributed by atoms with Crippen molar-refractivity contribution >= 4 is 45.0 Å². The van der Waals surface area contributed by atoms with Crippen LogP contribution in [-0.2, 0) is 20.8 Å². The van der Waals surface area contributed by atoms with Crippen LogP contribution in [0.1, 0.15) is 24.6 Å². The molecule has 0 aliphatic carbocycles. The predicted octanol–water partition coefficient (Wildman–Crippen LogP) is 1.71. The third-order valence-corrected chi connectivity index (χ3v) is 4.87. The highest BCUT2D eigenvalue weighted by Gasteiger charge is 2.32. The zero-order valence-electron chi connectivity index (χ0n) is 11.0. The fraction of sp³-hybridized carbons (Fsp3) is 0.462. The second kappa shape index (κ2) is 6.49. The highest BCUT2D eigenvalue weighted by Crippen LogP contribution is 2.23. The smallest absolute Gasteiger partial charge is 0.249 e. The van der Waals surface area contributed by atoms with E-state index >= 15 is 0 Å². The Morgan fingerprint density at radius 2 is 2.25 bits per heavy atom. The van der Waals surface area contributed by atoms with Crippen molar-refractivity contribution < 1.29 is 14.4 Å². The van der Waals surface area contributed by atoms with E-state index in [2.05, 4.69) is 21.2 Å². The van der Waals surface area contributed by atoms with Crippen molar-refractivity contribution in [3.05, 3.63) is 20.8 Å². The molecule has 1 aliphatic rings. The van der Waals surface area contributed by atoms with E-state index in [0.717, 1.165) is 10.2 Å². The van der Waals surface area contributed by atoms with Gasteiger partial charge in [-0.2, -0.15) is 0 Å². The van der Waals surface area contributed by atoms with Gasteiger partial charge >= 0.3 is 0 Å². The number of rotatable bonds is 4. The van der Waals surface area contributed by atoms with Crippen LogP contribution in [0.4, 0.5) is 0 Å². The van der Waals surface area contributed by atoms with Crippen molar-refractivity contribution in [1.82, 2.24) is 10.2 Å². The normalized spacial score (nSPS) is 19.1. The lowest BCUT2D eigenvalue weighted by atomic mass is 10.1. The second-order valence-corrected chi connectivity index (χ2v) is 7.22. The van der Waals surface area contributed by atoms with Crippen molar-refractivity contribution in [3.63, 3.8) is 0 Å². The lowest BCUT2D eigenvalue weighted by molar-refractivity contribution is -0.149. The molecule has 5 nitrogen and oxygen atoms in total. The van der Waals surface area contributed by atoms with E-state index in [1.54, 1.807) is 18.3 Å². The maximum Gasteiger partial charge on any atom is 0.249 e. The highest BCUT2D eigenvalue weighted by atomic mass is 79.9. The Morgan fingerprint density at radius 1 is 1.50 bits per heavy atom. The molecule has 0 bridgehead atoms. The SMILES string of the molecule is CC1C(=O)NC(=O)CN1C(=O)CCCc1ccc(Br)s1. The summed E-state index contributed by atoms with van der Waals surface area (Å²) in [5.41, 5.74) is 0. The maximum atomic E-state index is 12.1. The first kappa shape index (κ1) is 15.2. The third-order valence-electron chi connectivity index (χ3n) is 3.19. The molecule has 0 radical (unpaired) electrons. The Kier molecular flexibility index (Phi) is 4.93. The van der Waals surface area contributed by atoms with E-state index in [1.807, 2.05) is 12.1 Å². The van der Waals surface area contributed by atoms with E-state index in [0.29, 0.717) is 12.8 Å². The Morgan fingerprint density at radius 3 is 2.90 bits per heavy atom. The van der Waals surface area contributed by atoms with E-state index in [4.69, 9.17) is 0 Å². The molecule has 1 fully saturated rings. The number of imide groups is 1. The number of carbonyl (C=O) groups excluding carboxylic acids is 3. The molecule has 1 atom stereocenters. The second-order valence-electron chi connectivity index (χ2n) is 4.67. The quantitative estimate of drug-likeness (QED) is 0.833. The van der Waals surface area contributed by atoms with Gasteiger partial charge in [-0.3, -0.25) is 19.7 Å². The number of amides is 3. The molecule has 0 aromatic carbocycles. The molecule has 1 saturated heterocycles.